The van der Waals surface area contributed by atoms with Crippen LogP contribution in [0.5, 0.6) is 0 Å². The maximum Gasteiger partial charge on any atom is 0.331 e. The summed E-state index contributed by atoms with van der Waals surface area (Å²) in [4.78, 5) is 110. The largest absolute Gasteiger partial charge is 0.478 e. The zero-order valence-corrected chi connectivity index (χ0v) is 53.4. The molecule has 21 heteroatoms. The average molecular weight is 1220 g/mol. The maximum absolute atomic E-state index is 14.2. The third-order valence-electron chi connectivity index (χ3n) is 15.5. The first-order chi connectivity index (χ1) is 41.4. The van der Waals surface area contributed by atoms with Gasteiger partial charge >= 0.3 is 12.0 Å². The van der Waals surface area contributed by atoms with Crippen LogP contribution in [-0.4, -0.2) is 120 Å². The number of nitrogens with two attached hydrogens (primary N) is 1. The first kappa shape index (κ1) is 72.1. The summed E-state index contributed by atoms with van der Waals surface area (Å²) in [5.41, 5.74) is 9.66. The van der Waals surface area contributed by atoms with Gasteiger partial charge in [-0.3, -0.25) is 28.8 Å². The molecule has 4 aromatic rings. The van der Waals surface area contributed by atoms with Gasteiger partial charge in [0.25, 0.3) is 0 Å². The Labute approximate surface area is 519 Å². The zero-order chi connectivity index (χ0) is 65.6. The van der Waals surface area contributed by atoms with E-state index in [1.54, 1.807) is 81.4 Å². The molecule has 0 aliphatic carbocycles. The van der Waals surface area contributed by atoms with Crippen molar-refractivity contribution in [1.82, 2.24) is 31.5 Å². The van der Waals surface area contributed by atoms with Crippen LogP contribution >= 0.6 is 0 Å². The van der Waals surface area contributed by atoms with Gasteiger partial charge in [-0.25, -0.2) is 9.59 Å². The highest BCUT2D eigenvalue weighted by Crippen LogP contribution is 2.31. The van der Waals surface area contributed by atoms with Gasteiger partial charge in [-0.15, -0.1) is 0 Å². The number of nitrogens with one attached hydrogen (secondary N) is 7. The molecule has 478 valence electrons. The molecule has 0 spiro atoms. The second kappa shape index (κ2) is 33.6. The topological polar surface area (TPSA) is 303 Å². The molecular weight excluding hydrogens is 1120 g/mol. The average Bonchev–Trinajstić information content (AvgIpc) is 2.73. The zero-order valence-electron chi connectivity index (χ0n) is 53.4. The fraction of sp³-hybridized carbons (Fsp3) is 0.463. The number of hydrogen-bond donors (Lipinski definition) is 10. The number of primary amides is 1. The monoisotopic (exact) mass is 1210 g/mol. The molecule has 0 heterocycles. The number of carbonyl (C=O) groups excluding carboxylic acids is 7. The molecule has 88 heavy (non-hydrogen) atoms. The van der Waals surface area contributed by atoms with Crippen LogP contribution in [0.15, 0.2) is 115 Å². The number of amides is 8. The van der Waals surface area contributed by atoms with E-state index >= 15 is 0 Å². The number of urea groups is 1. The minimum atomic E-state index is -1.44. The summed E-state index contributed by atoms with van der Waals surface area (Å²) in [6.07, 6.45) is 2.56. The number of carbonyl (C=O) groups is 8. The minimum absolute atomic E-state index is 0.0336. The second-order valence-electron chi connectivity index (χ2n) is 24.3. The van der Waals surface area contributed by atoms with E-state index in [4.69, 9.17) is 10.5 Å². The van der Waals surface area contributed by atoms with Crippen LogP contribution in [0.2, 0.25) is 0 Å². The molecule has 0 saturated carbocycles. The lowest BCUT2D eigenvalue weighted by atomic mass is 9.76. The first-order valence-electron chi connectivity index (χ1n) is 29.9. The van der Waals surface area contributed by atoms with Crippen LogP contribution in [0.25, 0.3) is 6.08 Å². The molecule has 6 atom stereocenters. The number of aliphatic carboxylic acids is 1. The van der Waals surface area contributed by atoms with E-state index in [0.29, 0.717) is 22.6 Å². The third-order valence-corrected chi connectivity index (χ3v) is 15.5. The molecule has 0 saturated heterocycles. The van der Waals surface area contributed by atoms with Gasteiger partial charge < -0.3 is 67.7 Å². The van der Waals surface area contributed by atoms with Crippen LogP contribution in [0.1, 0.15) is 130 Å². The molecule has 2 unspecified atom stereocenters. The molecule has 11 N–H and O–H groups in total. The Hall–Kier alpha value is -8.40. The summed E-state index contributed by atoms with van der Waals surface area (Å²) >= 11 is 0. The van der Waals surface area contributed by atoms with Crippen molar-refractivity contribution in [2.75, 3.05) is 36.2 Å². The molecule has 0 radical (unpaired) electrons. The highest BCUT2D eigenvalue weighted by atomic mass is 16.6. The fourth-order valence-corrected chi connectivity index (χ4v) is 10.2. The lowest BCUT2D eigenvalue weighted by molar-refractivity contribution is -0.141. The minimum Gasteiger partial charge on any atom is -0.478 e. The third kappa shape index (κ3) is 21.2. The Morgan fingerprint density at radius 3 is 1.93 bits per heavy atom. The van der Waals surface area contributed by atoms with Gasteiger partial charge in [0.05, 0.1) is 30.9 Å². The van der Waals surface area contributed by atoms with Gasteiger partial charge in [0.15, 0.2) is 0 Å². The number of anilines is 3. The highest BCUT2D eigenvalue weighted by Gasteiger charge is 2.42. The number of hydrogen-bond acceptors (Lipinski definition) is 12. The summed E-state index contributed by atoms with van der Waals surface area (Å²) in [5, 5.41) is 40.3. The lowest BCUT2D eigenvalue weighted by Crippen LogP contribution is -2.61. The number of carboxylic acid groups (broad SMARTS) is 1. The number of ether oxygens (including phenoxy) is 1. The molecule has 21 nitrogen and oxygen atoms in total. The van der Waals surface area contributed by atoms with Crippen molar-refractivity contribution in [2.45, 2.75) is 163 Å². The standard InChI is InChI=1S/C67H94N10O11/c1-15-45-22-17-18-24-47(45)39-77(52-26-20-19-23-46(52)16-2)55(79)36-35-54(78)74-56(42(5)6)60(81)73-51(25-21-37-70-64(68)86)59(80)71-49-31-27-44(28-32-49)40-88-65(87)72-50-33-29-48(30-34-50)67(11,12)57(69-13)61(82)75-58(66(8,9)10)62(83)76(14)53(41(3)4)38-43(7)63(84)85/h16-20,22-24,26-34,38,41-42,51,53,56-58,65,69,72,87H,2,15,21,25,35-37,39-40H2,1,3-14H3,(H,71,80)(H,73,81)(H,74,78)(H,75,82)(H,84,85)(H3,68,70,86)/b43-38+/t51-,53+,56-,57?,58+,65?/m0/s1. The molecule has 0 fully saturated rings. The Morgan fingerprint density at radius 2 is 1.36 bits per heavy atom. The summed E-state index contributed by atoms with van der Waals surface area (Å²) < 4.78 is 5.71. The van der Waals surface area contributed by atoms with Crippen molar-refractivity contribution in [3.8, 4) is 0 Å². The number of carboxylic acids is 1. The van der Waals surface area contributed by atoms with E-state index in [1.807, 2.05) is 116 Å². The van der Waals surface area contributed by atoms with E-state index in [9.17, 15) is 48.6 Å². The van der Waals surface area contributed by atoms with Crippen molar-refractivity contribution in [3.63, 3.8) is 0 Å². The number of rotatable bonds is 33. The van der Waals surface area contributed by atoms with Gasteiger partial charge in [0, 0.05) is 48.8 Å². The highest BCUT2D eigenvalue weighted by molar-refractivity contribution is 6.00. The van der Waals surface area contributed by atoms with Gasteiger partial charge in [-0.1, -0.05) is 155 Å². The van der Waals surface area contributed by atoms with Crippen molar-refractivity contribution >= 4 is 70.6 Å². The van der Waals surface area contributed by atoms with E-state index < -0.39 is 89.0 Å². The number of aryl methyl sites for hydroxylation is 1. The summed E-state index contributed by atoms with van der Waals surface area (Å²) in [6.45, 7) is 24.5. The normalized spacial score (nSPS) is 13.8. The molecular formula is C67H94N10O11. The van der Waals surface area contributed by atoms with Gasteiger partial charge in [-0.05, 0) is 109 Å². The smallest absolute Gasteiger partial charge is 0.331 e. The number of benzene rings is 4. The van der Waals surface area contributed by atoms with Crippen LogP contribution < -0.4 is 47.9 Å². The molecule has 0 aromatic heterocycles. The quantitative estimate of drug-likeness (QED) is 0.0124. The summed E-state index contributed by atoms with van der Waals surface area (Å²) in [6, 6.07) is 23.8. The molecule has 0 aliphatic heterocycles. The Kier molecular flexibility index (Phi) is 27.6. The van der Waals surface area contributed by atoms with E-state index in [0.717, 1.165) is 28.7 Å². The maximum atomic E-state index is 14.2. The Bertz CT molecular complexity index is 3060. The predicted octanol–water partition coefficient (Wildman–Crippen LogP) is 7.73. The van der Waals surface area contributed by atoms with E-state index in [1.165, 1.54) is 11.8 Å². The second-order valence-corrected chi connectivity index (χ2v) is 24.3. The van der Waals surface area contributed by atoms with Crippen LogP contribution in [0.3, 0.4) is 0 Å². The SMILES string of the molecule is C=Cc1ccccc1N(Cc1ccccc1CC)C(=O)CCC(=O)N[C@H](C(=O)N[C@@H](CCCNC(N)=O)C(=O)Nc1ccc(COC(O)Nc2ccc(C(C)(C)C(NC)C(=O)N[C@H](C(=O)N(C)[C@H](/C=C(\C)C(=O)O)C(C)C)C(C)(C)C)cc2)cc1)C(C)C. The van der Waals surface area contributed by atoms with Crippen LogP contribution in [0, 0.1) is 17.3 Å². The fourth-order valence-electron chi connectivity index (χ4n) is 10.2. The van der Waals surface area contributed by atoms with Gasteiger partial charge in [0.1, 0.15) is 18.1 Å². The number of likely N-dealkylation sites (N-methyl/N-ethyl adjacent to an activating group) is 2. The first-order valence-corrected chi connectivity index (χ1v) is 29.9. The predicted molar refractivity (Wildman–Crippen MR) is 344 cm³/mol. The van der Waals surface area contributed by atoms with Crippen molar-refractivity contribution in [3.05, 3.63) is 143 Å². The Morgan fingerprint density at radius 1 is 0.750 bits per heavy atom. The number of nitrogens with zero attached hydrogens (tertiary/aromatic N) is 2. The summed E-state index contributed by atoms with van der Waals surface area (Å²) in [5.74, 6) is -4.38. The van der Waals surface area contributed by atoms with Crippen molar-refractivity contribution < 1.29 is 53.3 Å². The molecule has 0 bridgehead atoms. The van der Waals surface area contributed by atoms with E-state index in [-0.39, 0.29) is 68.7 Å². The van der Waals surface area contributed by atoms with Crippen LogP contribution in [-0.2, 0) is 63.3 Å². The molecule has 4 rings (SSSR count). The van der Waals surface area contributed by atoms with Gasteiger partial charge in [0.2, 0.25) is 41.9 Å². The number of aliphatic hydroxyl groups excluding tert-OH is 1. The molecule has 4 aromatic carbocycles. The number of para-hydroxylation sites is 1. The number of aliphatic hydroxyl groups is 1. The van der Waals surface area contributed by atoms with Crippen molar-refractivity contribution in [1.29, 1.82) is 0 Å². The van der Waals surface area contributed by atoms with Gasteiger partial charge in [-0.2, -0.15) is 0 Å². The van der Waals surface area contributed by atoms with Crippen molar-refractivity contribution in [2.24, 2.45) is 23.0 Å². The Balaban J connectivity index is 1.37. The summed E-state index contributed by atoms with van der Waals surface area (Å²) in [7, 11) is 3.28. The lowest BCUT2D eigenvalue weighted by Gasteiger charge is -2.40. The molecule has 8 amide bonds. The molecule has 0 aliphatic rings. The van der Waals surface area contributed by atoms with E-state index in [2.05, 4.69) is 43.8 Å². The van der Waals surface area contributed by atoms with Crippen LogP contribution in [0.4, 0.5) is 21.9 Å².